The van der Waals surface area contributed by atoms with Crippen LogP contribution in [0.15, 0.2) is 42.5 Å². The Balaban J connectivity index is 1.62. The maximum Gasteiger partial charge on any atom is 0.410 e. The van der Waals surface area contributed by atoms with Gasteiger partial charge in [-0.05, 0) is 77.0 Å². The van der Waals surface area contributed by atoms with Crippen LogP contribution in [0.2, 0.25) is 0 Å². The number of methoxy groups -OCH3 is 1. The molecule has 216 valence electrons. The molecule has 0 unspecified atom stereocenters. The first-order valence-corrected chi connectivity index (χ1v) is 14.0. The van der Waals surface area contributed by atoms with Crippen molar-refractivity contribution in [2.75, 3.05) is 20.3 Å². The molecule has 0 spiro atoms. The number of benzene rings is 2. The van der Waals surface area contributed by atoms with Crippen LogP contribution >= 0.6 is 0 Å². The number of rotatable bonds is 7. The average Bonchev–Trinajstić information content (AvgIpc) is 3.30. The summed E-state index contributed by atoms with van der Waals surface area (Å²) in [6, 6.07) is 11.5. The van der Waals surface area contributed by atoms with Crippen molar-refractivity contribution in [1.82, 2.24) is 10.2 Å². The molecular weight excluding hydrogens is 512 g/mol. The summed E-state index contributed by atoms with van der Waals surface area (Å²) < 4.78 is 16.5. The summed E-state index contributed by atoms with van der Waals surface area (Å²) in [6.45, 7) is 6.37. The van der Waals surface area contributed by atoms with Crippen molar-refractivity contribution in [2.24, 2.45) is 0 Å². The van der Waals surface area contributed by atoms with Gasteiger partial charge in [-0.2, -0.15) is 0 Å². The summed E-state index contributed by atoms with van der Waals surface area (Å²) >= 11 is 0. The van der Waals surface area contributed by atoms with E-state index < -0.39 is 41.8 Å². The molecule has 2 aliphatic rings. The number of hydrogen-bond acceptors (Lipinski definition) is 7. The normalized spacial score (nSPS) is 18.5. The van der Waals surface area contributed by atoms with E-state index in [0.29, 0.717) is 43.7 Å². The van der Waals surface area contributed by atoms with E-state index in [1.54, 1.807) is 31.7 Å². The van der Waals surface area contributed by atoms with Gasteiger partial charge in [0.05, 0.1) is 37.5 Å². The number of amides is 2. The Labute approximate surface area is 235 Å². The summed E-state index contributed by atoms with van der Waals surface area (Å²) in [7, 11) is 1.31. The number of hydrogen-bond donors (Lipinski definition) is 2. The zero-order valence-corrected chi connectivity index (χ0v) is 23.8. The maximum atomic E-state index is 13.7. The van der Waals surface area contributed by atoms with Gasteiger partial charge in [0.1, 0.15) is 11.4 Å². The molecule has 2 amide bonds. The Morgan fingerprint density at radius 1 is 1.12 bits per heavy atom. The van der Waals surface area contributed by atoms with Gasteiger partial charge in [-0.15, -0.1) is 0 Å². The largest absolute Gasteiger partial charge is 0.493 e. The van der Waals surface area contributed by atoms with E-state index in [2.05, 4.69) is 5.32 Å². The monoisotopic (exact) mass is 552 g/mol. The summed E-state index contributed by atoms with van der Waals surface area (Å²) in [5, 5.41) is 14.6. The van der Waals surface area contributed by atoms with Gasteiger partial charge < -0.3 is 29.5 Å². The van der Waals surface area contributed by atoms with Crippen molar-refractivity contribution in [2.45, 2.75) is 83.1 Å². The number of nitrogens with zero attached hydrogens (tertiary/aromatic N) is 1. The molecule has 40 heavy (non-hydrogen) atoms. The third-order valence-corrected chi connectivity index (χ3v) is 7.30. The Bertz CT molecular complexity index is 1210. The van der Waals surface area contributed by atoms with Crippen LogP contribution in [-0.4, -0.2) is 72.0 Å². The second-order valence-electron chi connectivity index (χ2n) is 11.4. The van der Waals surface area contributed by atoms with Gasteiger partial charge in [0, 0.05) is 17.7 Å². The lowest BCUT2D eigenvalue weighted by Crippen LogP contribution is -2.54. The summed E-state index contributed by atoms with van der Waals surface area (Å²) in [5.41, 5.74) is 1.54. The molecule has 4 rings (SSSR count). The zero-order chi connectivity index (χ0) is 28.9. The topological polar surface area (TPSA) is 114 Å². The summed E-state index contributed by atoms with van der Waals surface area (Å²) in [5.74, 6) is -0.489. The minimum absolute atomic E-state index is 0.238. The number of carbonyl (C=O) groups excluding carboxylic acids is 3. The lowest BCUT2D eigenvalue weighted by Gasteiger charge is -2.35. The highest BCUT2D eigenvalue weighted by Gasteiger charge is 2.40. The summed E-state index contributed by atoms with van der Waals surface area (Å²) in [4.78, 5) is 40.8. The Morgan fingerprint density at radius 2 is 1.88 bits per heavy atom. The Kier molecular flexibility index (Phi) is 9.35. The predicted molar refractivity (Wildman–Crippen MR) is 150 cm³/mol. The molecule has 2 heterocycles. The molecule has 0 aromatic heterocycles. The van der Waals surface area contributed by atoms with E-state index >= 15 is 0 Å². The van der Waals surface area contributed by atoms with Crippen LogP contribution in [0, 0.1) is 0 Å². The van der Waals surface area contributed by atoms with Crippen molar-refractivity contribution in [3.05, 3.63) is 64.7 Å². The van der Waals surface area contributed by atoms with Gasteiger partial charge in [0.25, 0.3) is 5.91 Å². The number of nitrogens with one attached hydrogen (secondary N) is 1. The van der Waals surface area contributed by atoms with Crippen LogP contribution in [-0.2, 0) is 22.3 Å². The fourth-order valence-corrected chi connectivity index (χ4v) is 5.38. The number of likely N-dealkylation sites (tertiary alicyclic amines) is 1. The predicted octanol–water partition coefficient (Wildman–Crippen LogP) is 4.29. The van der Waals surface area contributed by atoms with Crippen LogP contribution in [0.25, 0.3) is 0 Å². The SMILES string of the molecule is COC(=O)c1cc(C(=O)N[C@@H](Cc2ccccc2)[C@H](O)[C@H]2CCCN2C(=O)OC(C)(C)C)cc2c1CCCCO2. The molecule has 1 fully saturated rings. The number of fused-ring (bicyclic) bond motifs is 1. The first kappa shape index (κ1) is 29.4. The number of aliphatic hydroxyl groups is 1. The number of esters is 1. The highest BCUT2D eigenvalue weighted by Crippen LogP contribution is 2.31. The quantitative estimate of drug-likeness (QED) is 0.493. The maximum absolute atomic E-state index is 13.7. The highest BCUT2D eigenvalue weighted by molar-refractivity contribution is 6.00. The molecule has 3 atom stereocenters. The Morgan fingerprint density at radius 3 is 2.58 bits per heavy atom. The van der Waals surface area contributed by atoms with Gasteiger partial charge in [-0.25, -0.2) is 9.59 Å². The molecule has 0 saturated carbocycles. The fraction of sp³-hybridized carbons (Fsp3) is 0.516. The minimum Gasteiger partial charge on any atom is -0.493 e. The second-order valence-corrected chi connectivity index (χ2v) is 11.4. The lowest BCUT2D eigenvalue weighted by molar-refractivity contribution is -0.00161. The van der Waals surface area contributed by atoms with Gasteiger partial charge >= 0.3 is 12.1 Å². The molecule has 2 aliphatic heterocycles. The molecule has 2 aromatic rings. The molecule has 2 N–H and O–H groups in total. The van der Waals surface area contributed by atoms with Gasteiger partial charge in [-0.3, -0.25) is 4.79 Å². The van der Waals surface area contributed by atoms with E-state index in [-0.39, 0.29) is 5.56 Å². The van der Waals surface area contributed by atoms with Crippen LogP contribution in [0.5, 0.6) is 5.75 Å². The average molecular weight is 553 g/mol. The van der Waals surface area contributed by atoms with Gasteiger partial charge in [0.2, 0.25) is 0 Å². The van der Waals surface area contributed by atoms with Crippen LogP contribution < -0.4 is 10.1 Å². The lowest BCUT2D eigenvalue weighted by atomic mass is 9.94. The van der Waals surface area contributed by atoms with Crippen molar-refractivity contribution in [3.8, 4) is 5.75 Å². The van der Waals surface area contributed by atoms with Crippen LogP contribution in [0.3, 0.4) is 0 Å². The van der Waals surface area contributed by atoms with E-state index in [1.165, 1.54) is 13.2 Å². The number of aliphatic hydroxyl groups excluding tert-OH is 1. The van der Waals surface area contributed by atoms with Gasteiger partial charge in [0.15, 0.2) is 0 Å². The molecule has 0 bridgehead atoms. The van der Waals surface area contributed by atoms with Crippen molar-refractivity contribution >= 4 is 18.0 Å². The van der Waals surface area contributed by atoms with Crippen molar-refractivity contribution in [1.29, 1.82) is 0 Å². The Hall–Kier alpha value is -3.59. The second kappa shape index (κ2) is 12.7. The van der Waals surface area contributed by atoms with Gasteiger partial charge in [-0.1, -0.05) is 30.3 Å². The third-order valence-electron chi connectivity index (χ3n) is 7.30. The first-order valence-electron chi connectivity index (χ1n) is 14.0. The van der Waals surface area contributed by atoms with E-state index in [1.807, 2.05) is 30.3 Å². The molecule has 9 heteroatoms. The molecule has 0 aliphatic carbocycles. The molecule has 1 saturated heterocycles. The van der Waals surface area contributed by atoms with Crippen LogP contribution in [0.4, 0.5) is 4.79 Å². The molecular formula is C31H40N2O7. The van der Waals surface area contributed by atoms with Crippen molar-refractivity contribution < 1.29 is 33.7 Å². The van der Waals surface area contributed by atoms with E-state index in [4.69, 9.17) is 14.2 Å². The fourth-order valence-electron chi connectivity index (χ4n) is 5.38. The highest BCUT2D eigenvalue weighted by atomic mass is 16.6. The molecule has 2 aromatic carbocycles. The number of ether oxygens (including phenoxy) is 3. The minimum atomic E-state index is -1.06. The molecule has 9 nitrogen and oxygen atoms in total. The van der Waals surface area contributed by atoms with Crippen LogP contribution in [0.1, 0.15) is 78.3 Å². The zero-order valence-electron chi connectivity index (χ0n) is 23.8. The first-order chi connectivity index (χ1) is 19.1. The smallest absolute Gasteiger partial charge is 0.410 e. The van der Waals surface area contributed by atoms with Crippen molar-refractivity contribution in [3.63, 3.8) is 0 Å². The molecule has 0 radical (unpaired) electrons. The summed E-state index contributed by atoms with van der Waals surface area (Å²) in [6.07, 6.45) is 2.47. The standard InChI is InChI=1S/C31H40N2O7/c1-31(2,3)40-30(37)33-15-10-14-25(33)27(34)24(17-20-11-6-5-7-12-20)32-28(35)21-18-23(29(36)38-4)22-13-8-9-16-39-26(22)19-21/h5-7,11-12,18-19,24-25,27,34H,8-10,13-17H2,1-4H3,(H,32,35)/t24-,25+,27-/m0/s1. The third kappa shape index (κ3) is 7.13. The van der Waals surface area contributed by atoms with E-state index in [0.717, 1.165) is 30.4 Å². The number of carbonyl (C=O) groups is 3. The van der Waals surface area contributed by atoms with E-state index in [9.17, 15) is 19.5 Å².